The van der Waals surface area contributed by atoms with E-state index < -0.39 is 11.9 Å². The maximum Gasteiger partial charge on any atom is 0.433 e. The van der Waals surface area contributed by atoms with Crippen LogP contribution >= 0.6 is 12.2 Å². The summed E-state index contributed by atoms with van der Waals surface area (Å²) in [6, 6.07) is 1.29. The number of anilines is 2. The number of nitrogens with zero attached hydrogens (tertiary/aromatic N) is 3. The van der Waals surface area contributed by atoms with Gasteiger partial charge in [0.25, 0.3) is 0 Å². The van der Waals surface area contributed by atoms with E-state index in [4.69, 9.17) is 12.2 Å². The summed E-state index contributed by atoms with van der Waals surface area (Å²) >= 11 is 5.25. The Morgan fingerprint density at radius 3 is 2.37 bits per heavy atom. The fraction of sp³-hybridized carbons (Fsp3) is 0.722. The number of piperidine rings is 1. The summed E-state index contributed by atoms with van der Waals surface area (Å²) in [7, 11) is 0. The smallest absolute Gasteiger partial charge is 0.360 e. The Hall–Kier alpha value is -1.64. The first kappa shape index (κ1) is 20.1. The molecule has 150 valence electrons. The molecular formula is C18H26F3N5S. The maximum absolute atomic E-state index is 13.3. The highest BCUT2D eigenvalue weighted by molar-refractivity contribution is 7.80. The van der Waals surface area contributed by atoms with Crippen molar-refractivity contribution in [2.24, 2.45) is 11.8 Å². The lowest BCUT2D eigenvalue weighted by atomic mass is 9.92. The van der Waals surface area contributed by atoms with E-state index in [9.17, 15) is 13.2 Å². The predicted octanol–water partition coefficient (Wildman–Crippen LogP) is 4.21. The van der Waals surface area contributed by atoms with Gasteiger partial charge >= 0.3 is 6.18 Å². The molecule has 2 aliphatic rings. The standard InChI is InChI=1S/C18H26F3N5S/c1-11-7-12(2)10-26(9-11)15-8-14(18(19,20)21)23-16(24-15)25-17(27)22-13-5-3-4-6-13/h8,11-13H,3-7,9-10H2,1-2H3,(H2,22,23,24,25,27)/t11-,12-/m1/s1. The second kappa shape index (κ2) is 8.16. The van der Waals surface area contributed by atoms with E-state index >= 15 is 0 Å². The summed E-state index contributed by atoms with van der Waals surface area (Å²) in [6.45, 7) is 5.58. The number of thiocarbonyl (C=S) groups is 1. The Balaban J connectivity index is 1.81. The number of halogens is 3. The monoisotopic (exact) mass is 401 g/mol. The van der Waals surface area contributed by atoms with Crippen LogP contribution in [0.25, 0.3) is 0 Å². The lowest BCUT2D eigenvalue weighted by Gasteiger charge is -2.36. The van der Waals surface area contributed by atoms with E-state index in [1.165, 1.54) is 0 Å². The molecule has 27 heavy (non-hydrogen) atoms. The molecule has 0 spiro atoms. The molecule has 1 aromatic heterocycles. The van der Waals surface area contributed by atoms with Gasteiger partial charge in [-0.3, -0.25) is 0 Å². The van der Waals surface area contributed by atoms with Gasteiger partial charge < -0.3 is 15.5 Å². The molecule has 2 fully saturated rings. The Kier molecular flexibility index (Phi) is 6.08. The van der Waals surface area contributed by atoms with Crippen LogP contribution in [0.5, 0.6) is 0 Å². The van der Waals surface area contributed by atoms with Crippen LogP contribution in [0, 0.1) is 11.8 Å². The summed E-state index contributed by atoms with van der Waals surface area (Å²) in [5.41, 5.74) is -0.954. The Labute approximate surface area is 163 Å². The van der Waals surface area contributed by atoms with Gasteiger partial charge in [-0.05, 0) is 43.3 Å². The van der Waals surface area contributed by atoms with E-state index in [1.807, 2.05) is 4.90 Å². The number of rotatable bonds is 3. The molecule has 1 saturated carbocycles. The van der Waals surface area contributed by atoms with Gasteiger partial charge in [0.2, 0.25) is 5.95 Å². The van der Waals surface area contributed by atoms with Crippen molar-refractivity contribution in [2.75, 3.05) is 23.3 Å². The number of aromatic nitrogens is 2. The van der Waals surface area contributed by atoms with E-state index in [0.29, 0.717) is 30.7 Å². The molecule has 2 atom stereocenters. The minimum absolute atomic E-state index is 0.110. The zero-order valence-electron chi connectivity index (χ0n) is 15.6. The van der Waals surface area contributed by atoms with Crippen LogP contribution < -0.4 is 15.5 Å². The van der Waals surface area contributed by atoms with Crippen molar-refractivity contribution in [3.05, 3.63) is 11.8 Å². The second-order valence-electron chi connectivity index (χ2n) is 7.86. The fourth-order valence-corrected chi connectivity index (χ4v) is 4.30. The molecule has 0 aromatic carbocycles. The molecule has 3 rings (SSSR count). The first-order valence-electron chi connectivity index (χ1n) is 9.49. The largest absolute Gasteiger partial charge is 0.433 e. The van der Waals surface area contributed by atoms with E-state index in [2.05, 4.69) is 34.4 Å². The minimum atomic E-state index is -4.54. The Bertz CT molecular complexity index is 665. The van der Waals surface area contributed by atoms with Gasteiger partial charge in [0.05, 0.1) is 0 Å². The Morgan fingerprint density at radius 1 is 1.15 bits per heavy atom. The highest BCUT2D eigenvalue weighted by atomic mass is 32.1. The molecule has 1 aliphatic carbocycles. The summed E-state index contributed by atoms with van der Waals surface area (Å²) in [5, 5.41) is 6.17. The van der Waals surface area contributed by atoms with Crippen molar-refractivity contribution in [2.45, 2.75) is 58.2 Å². The third-order valence-electron chi connectivity index (χ3n) is 5.11. The highest BCUT2D eigenvalue weighted by Crippen LogP contribution is 2.32. The van der Waals surface area contributed by atoms with Gasteiger partial charge in [0.15, 0.2) is 10.8 Å². The summed E-state index contributed by atoms with van der Waals surface area (Å²) in [6.07, 6.45) is 0.821. The zero-order chi connectivity index (χ0) is 19.6. The fourth-order valence-electron chi connectivity index (χ4n) is 4.04. The lowest BCUT2D eigenvalue weighted by Crippen LogP contribution is -2.40. The molecule has 5 nitrogen and oxygen atoms in total. The summed E-state index contributed by atoms with van der Waals surface area (Å²) < 4.78 is 40.0. The molecule has 1 saturated heterocycles. The van der Waals surface area contributed by atoms with Crippen LogP contribution in [-0.4, -0.2) is 34.2 Å². The first-order valence-corrected chi connectivity index (χ1v) is 9.90. The number of alkyl halides is 3. The Morgan fingerprint density at radius 2 is 1.78 bits per heavy atom. The van der Waals surface area contributed by atoms with E-state index in [1.54, 1.807) is 0 Å². The first-order chi connectivity index (χ1) is 12.7. The van der Waals surface area contributed by atoms with Gasteiger partial charge in [0, 0.05) is 25.2 Å². The quantitative estimate of drug-likeness (QED) is 0.740. The van der Waals surface area contributed by atoms with Crippen LogP contribution in [0.15, 0.2) is 6.07 Å². The number of hydrogen-bond acceptors (Lipinski definition) is 4. The molecule has 2 N–H and O–H groups in total. The average Bonchev–Trinajstić information content (AvgIpc) is 3.05. The minimum Gasteiger partial charge on any atom is -0.360 e. The van der Waals surface area contributed by atoms with Crippen molar-refractivity contribution in [3.63, 3.8) is 0 Å². The molecule has 0 bridgehead atoms. The van der Waals surface area contributed by atoms with Crippen molar-refractivity contribution >= 4 is 29.1 Å². The second-order valence-corrected chi connectivity index (χ2v) is 8.27. The van der Waals surface area contributed by atoms with Crippen LogP contribution in [0.4, 0.5) is 24.9 Å². The molecule has 2 heterocycles. The molecule has 0 unspecified atom stereocenters. The number of nitrogens with one attached hydrogen (secondary N) is 2. The molecular weight excluding hydrogens is 375 g/mol. The van der Waals surface area contributed by atoms with Crippen molar-refractivity contribution in [1.29, 1.82) is 0 Å². The normalized spacial score (nSPS) is 24.1. The highest BCUT2D eigenvalue weighted by Gasteiger charge is 2.35. The van der Waals surface area contributed by atoms with Gasteiger partial charge in [-0.1, -0.05) is 26.7 Å². The topological polar surface area (TPSA) is 53.1 Å². The van der Waals surface area contributed by atoms with E-state index in [-0.39, 0.29) is 17.1 Å². The SMILES string of the molecule is C[C@@H]1C[C@@H](C)CN(c2cc(C(F)(F)F)nc(NC(=S)NC3CCCC3)n2)C1. The van der Waals surface area contributed by atoms with Gasteiger partial charge in [-0.15, -0.1) is 0 Å². The lowest BCUT2D eigenvalue weighted by molar-refractivity contribution is -0.141. The third-order valence-corrected chi connectivity index (χ3v) is 5.33. The summed E-state index contributed by atoms with van der Waals surface area (Å²) in [4.78, 5) is 9.89. The van der Waals surface area contributed by atoms with Crippen LogP contribution in [0.3, 0.4) is 0 Å². The van der Waals surface area contributed by atoms with Gasteiger partial charge in [0.1, 0.15) is 5.82 Å². The van der Waals surface area contributed by atoms with Crippen LogP contribution in [0.1, 0.15) is 51.6 Å². The maximum atomic E-state index is 13.3. The third kappa shape index (κ3) is 5.43. The number of hydrogen-bond donors (Lipinski definition) is 2. The molecule has 1 aliphatic heterocycles. The van der Waals surface area contributed by atoms with Crippen molar-refractivity contribution in [3.8, 4) is 0 Å². The van der Waals surface area contributed by atoms with Crippen molar-refractivity contribution in [1.82, 2.24) is 15.3 Å². The molecule has 1 aromatic rings. The molecule has 9 heteroatoms. The predicted molar refractivity (Wildman–Crippen MR) is 104 cm³/mol. The van der Waals surface area contributed by atoms with E-state index in [0.717, 1.165) is 38.2 Å². The van der Waals surface area contributed by atoms with Crippen molar-refractivity contribution < 1.29 is 13.2 Å². The summed E-state index contributed by atoms with van der Waals surface area (Å²) in [5.74, 6) is 0.988. The molecule has 0 radical (unpaired) electrons. The average molecular weight is 402 g/mol. The van der Waals surface area contributed by atoms with Crippen LogP contribution in [0.2, 0.25) is 0 Å². The zero-order valence-corrected chi connectivity index (χ0v) is 16.5. The molecule has 0 amide bonds. The van der Waals surface area contributed by atoms with Gasteiger partial charge in [-0.25, -0.2) is 4.98 Å². The van der Waals surface area contributed by atoms with Crippen LogP contribution in [-0.2, 0) is 6.18 Å². The van der Waals surface area contributed by atoms with Gasteiger partial charge in [-0.2, -0.15) is 18.2 Å².